The van der Waals surface area contributed by atoms with Crippen molar-refractivity contribution >= 4 is 26.6 Å². The molecule has 1 heterocycles. The van der Waals surface area contributed by atoms with Crippen molar-refractivity contribution in [3.63, 3.8) is 0 Å². The summed E-state index contributed by atoms with van der Waals surface area (Å²) < 4.78 is 22.3. The number of rotatable bonds is 4. The number of benzene rings is 1. The van der Waals surface area contributed by atoms with Crippen LogP contribution in [0.5, 0.6) is 0 Å². The van der Waals surface area contributed by atoms with Crippen LogP contribution in [-0.2, 0) is 9.84 Å². The van der Waals surface area contributed by atoms with Gasteiger partial charge in [0.15, 0.2) is 0 Å². The van der Waals surface area contributed by atoms with E-state index >= 15 is 0 Å². The molecule has 1 atom stereocenters. The van der Waals surface area contributed by atoms with Gasteiger partial charge >= 0.3 is 0 Å². The van der Waals surface area contributed by atoms with Gasteiger partial charge < -0.3 is 10.3 Å². The van der Waals surface area contributed by atoms with E-state index in [0.717, 1.165) is 17.2 Å². The normalized spacial score (nSPS) is 13.4. The number of fused-ring (bicyclic) bond motifs is 1. The highest BCUT2D eigenvalue weighted by atomic mass is 32.2. The number of aromatic nitrogens is 1. The van der Waals surface area contributed by atoms with Crippen LogP contribution in [0.1, 0.15) is 17.4 Å². The molecule has 2 N–H and O–H groups in total. The molecule has 0 aliphatic heterocycles. The summed E-state index contributed by atoms with van der Waals surface area (Å²) in [7, 11) is -3.10. The average Bonchev–Trinajstić information content (AvgIpc) is 2.69. The predicted molar refractivity (Wildman–Crippen MR) is 74.9 cm³/mol. The van der Waals surface area contributed by atoms with Gasteiger partial charge in [-0.15, -0.1) is 0 Å². The number of carbonyl (C=O) groups is 1. The summed E-state index contributed by atoms with van der Waals surface area (Å²) in [4.78, 5) is 15.0. The molecule has 102 valence electrons. The van der Waals surface area contributed by atoms with Gasteiger partial charge in [0.05, 0.1) is 5.75 Å². The van der Waals surface area contributed by atoms with Crippen molar-refractivity contribution in [3.8, 4) is 0 Å². The molecule has 0 aliphatic rings. The molecule has 19 heavy (non-hydrogen) atoms. The first kappa shape index (κ1) is 13.6. The number of aromatic amines is 1. The standard InChI is InChI=1S/C13H16N2O3S/c1-9(8-19(2,17)18)14-13(16)12-7-10-5-3-4-6-11(10)15-12/h3-7,9,15H,8H2,1-2H3,(H,14,16). The van der Waals surface area contributed by atoms with Crippen molar-refractivity contribution in [2.75, 3.05) is 12.0 Å². The Hall–Kier alpha value is -1.82. The molecule has 0 aliphatic carbocycles. The van der Waals surface area contributed by atoms with Crippen LogP contribution in [-0.4, -0.2) is 37.4 Å². The largest absolute Gasteiger partial charge is 0.351 e. The van der Waals surface area contributed by atoms with E-state index in [2.05, 4.69) is 10.3 Å². The molecule has 1 amide bonds. The van der Waals surface area contributed by atoms with Gasteiger partial charge in [-0.3, -0.25) is 4.79 Å². The van der Waals surface area contributed by atoms with E-state index in [9.17, 15) is 13.2 Å². The average molecular weight is 280 g/mol. The van der Waals surface area contributed by atoms with Gasteiger partial charge in [-0.05, 0) is 19.1 Å². The summed E-state index contributed by atoms with van der Waals surface area (Å²) in [5.41, 5.74) is 1.31. The molecule has 1 aromatic carbocycles. The van der Waals surface area contributed by atoms with E-state index in [1.807, 2.05) is 24.3 Å². The van der Waals surface area contributed by atoms with Crippen molar-refractivity contribution in [1.82, 2.24) is 10.3 Å². The van der Waals surface area contributed by atoms with Crippen molar-refractivity contribution in [1.29, 1.82) is 0 Å². The number of hydrogen-bond acceptors (Lipinski definition) is 3. The first-order chi connectivity index (χ1) is 8.85. The van der Waals surface area contributed by atoms with Gasteiger partial charge in [-0.1, -0.05) is 18.2 Å². The van der Waals surface area contributed by atoms with Crippen LogP contribution in [0.3, 0.4) is 0 Å². The van der Waals surface area contributed by atoms with E-state index in [0.29, 0.717) is 5.69 Å². The van der Waals surface area contributed by atoms with Crippen LogP contribution in [0.2, 0.25) is 0 Å². The summed E-state index contributed by atoms with van der Waals surface area (Å²) in [5, 5.41) is 3.61. The van der Waals surface area contributed by atoms with Gasteiger partial charge in [0.25, 0.3) is 5.91 Å². The zero-order chi connectivity index (χ0) is 14.0. The quantitative estimate of drug-likeness (QED) is 0.886. The first-order valence-corrected chi connectivity index (χ1v) is 7.97. The van der Waals surface area contributed by atoms with E-state index in [1.165, 1.54) is 0 Å². The molecule has 1 aromatic heterocycles. The third kappa shape index (κ3) is 3.57. The molecule has 0 saturated carbocycles. The monoisotopic (exact) mass is 280 g/mol. The number of hydrogen-bond donors (Lipinski definition) is 2. The fourth-order valence-corrected chi connectivity index (χ4v) is 2.98. The maximum absolute atomic E-state index is 12.0. The molecule has 0 bridgehead atoms. The summed E-state index contributed by atoms with van der Waals surface area (Å²) >= 11 is 0. The highest BCUT2D eigenvalue weighted by molar-refractivity contribution is 7.90. The fourth-order valence-electron chi connectivity index (χ4n) is 1.99. The van der Waals surface area contributed by atoms with E-state index in [1.54, 1.807) is 13.0 Å². The maximum atomic E-state index is 12.0. The first-order valence-electron chi connectivity index (χ1n) is 5.91. The second kappa shape index (κ2) is 5.05. The van der Waals surface area contributed by atoms with E-state index in [4.69, 9.17) is 0 Å². The van der Waals surface area contributed by atoms with Crippen molar-refractivity contribution in [2.45, 2.75) is 13.0 Å². The van der Waals surface area contributed by atoms with Crippen molar-refractivity contribution in [2.24, 2.45) is 0 Å². The Labute approximate surface area is 111 Å². The van der Waals surface area contributed by atoms with Crippen molar-refractivity contribution in [3.05, 3.63) is 36.0 Å². The van der Waals surface area contributed by atoms with Gasteiger partial charge in [-0.2, -0.15) is 0 Å². The molecule has 6 heteroatoms. The molecule has 0 fully saturated rings. The summed E-state index contributed by atoms with van der Waals surface area (Å²) in [6.45, 7) is 1.67. The number of carbonyl (C=O) groups excluding carboxylic acids is 1. The second-order valence-corrected chi connectivity index (χ2v) is 6.92. The topological polar surface area (TPSA) is 79.0 Å². The number of amides is 1. The molecular formula is C13H16N2O3S. The minimum Gasteiger partial charge on any atom is -0.351 e. The van der Waals surface area contributed by atoms with Crippen molar-refractivity contribution < 1.29 is 13.2 Å². The van der Waals surface area contributed by atoms with Gasteiger partial charge in [0, 0.05) is 23.2 Å². The molecule has 5 nitrogen and oxygen atoms in total. The van der Waals surface area contributed by atoms with Gasteiger partial charge in [0.2, 0.25) is 0 Å². The third-order valence-corrected chi connectivity index (χ3v) is 3.81. The smallest absolute Gasteiger partial charge is 0.267 e. The third-order valence-electron chi connectivity index (χ3n) is 2.70. The van der Waals surface area contributed by atoms with Crippen LogP contribution in [0.15, 0.2) is 30.3 Å². The van der Waals surface area contributed by atoms with Crippen LogP contribution in [0, 0.1) is 0 Å². The zero-order valence-electron chi connectivity index (χ0n) is 10.8. The number of para-hydroxylation sites is 1. The van der Waals surface area contributed by atoms with Crippen LogP contribution in [0.4, 0.5) is 0 Å². The van der Waals surface area contributed by atoms with Crippen LogP contribution in [0.25, 0.3) is 10.9 Å². The SMILES string of the molecule is CC(CS(C)(=O)=O)NC(=O)c1cc2ccccc2[nH]1. The Bertz CT molecular complexity index is 671. The van der Waals surface area contributed by atoms with Crippen LogP contribution >= 0.6 is 0 Å². The number of sulfone groups is 1. The molecule has 2 aromatic rings. The molecule has 0 spiro atoms. The Kier molecular flexibility index (Phi) is 3.61. The van der Waals surface area contributed by atoms with E-state index in [-0.39, 0.29) is 11.7 Å². The van der Waals surface area contributed by atoms with Gasteiger partial charge in [0.1, 0.15) is 15.5 Å². The second-order valence-electron chi connectivity index (χ2n) is 4.74. The lowest BCUT2D eigenvalue weighted by atomic mass is 10.2. The minimum absolute atomic E-state index is 0.0705. The highest BCUT2D eigenvalue weighted by Crippen LogP contribution is 2.14. The minimum atomic E-state index is -3.10. The predicted octanol–water partition coefficient (Wildman–Crippen LogP) is 1.33. The number of nitrogens with one attached hydrogen (secondary N) is 2. The lowest BCUT2D eigenvalue weighted by Gasteiger charge is -2.11. The Morgan fingerprint density at radius 2 is 2.05 bits per heavy atom. The maximum Gasteiger partial charge on any atom is 0.267 e. The molecule has 2 rings (SSSR count). The zero-order valence-corrected chi connectivity index (χ0v) is 11.6. The summed E-state index contributed by atoms with van der Waals surface area (Å²) in [6.07, 6.45) is 1.15. The highest BCUT2D eigenvalue weighted by Gasteiger charge is 2.15. The lowest BCUT2D eigenvalue weighted by molar-refractivity contribution is 0.0939. The Balaban J connectivity index is 2.11. The lowest BCUT2D eigenvalue weighted by Crippen LogP contribution is -2.37. The summed E-state index contributed by atoms with van der Waals surface area (Å²) in [6, 6.07) is 8.89. The number of H-pyrrole nitrogens is 1. The molecule has 0 saturated heterocycles. The Morgan fingerprint density at radius 3 is 2.68 bits per heavy atom. The van der Waals surface area contributed by atoms with E-state index < -0.39 is 15.9 Å². The van der Waals surface area contributed by atoms with Gasteiger partial charge in [-0.25, -0.2) is 8.42 Å². The Morgan fingerprint density at radius 1 is 1.37 bits per heavy atom. The summed E-state index contributed by atoms with van der Waals surface area (Å²) in [5.74, 6) is -0.369. The molecular weight excluding hydrogens is 264 g/mol. The molecule has 1 unspecified atom stereocenters. The molecule has 0 radical (unpaired) electrons. The van der Waals surface area contributed by atoms with Crippen LogP contribution < -0.4 is 5.32 Å². The fraction of sp³-hybridized carbons (Fsp3) is 0.308.